The van der Waals surface area contributed by atoms with Crippen LogP contribution in [0.5, 0.6) is 0 Å². The van der Waals surface area contributed by atoms with Crippen molar-refractivity contribution in [2.75, 3.05) is 19.7 Å². The van der Waals surface area contributed by atoms with E-state index in [1.165, 1.54) is 5.56 Å². The molecular formula is C22H26N2O3. The molecule has 1 aliphatic rings. The fourth-order valence-electron chi connectivity index (χ4n) is 3.34. The van der Waals surface area contributed by atoms with E-state index >= 15 is 0 Å². The van der Waals surface area contributed by atoms with E-state index in [1.807, 2.05) is 30.0 Å². The normalized spacial score (nSPS) is 18.0. The highest BCUT2D eigenvalue weighted by atomic mass is 16.5. The highest BCUT2D eigenvalue weighted by Crippen LogP contribution is 2.40. The van der Waals surface area contributed by atoms with Gasteiger partial charge in [0.15, 0.2) is 0 Å². The number of aromatic nitrogens is 1. The minimum absolute atomic E-state index is 0.0225. The Morgan fingerprint density at radius 1 is 1.19 bits per heavy atom. The first-order valence-corrected chi connectivity index (χ1v) is 9.59. The number of carbonyl (C=O) groups excluding carboxylic acids is 2. The van der Waals surface area contributed by atoms with Gasteiger partial charge in [-0.1, -0.05) is 30.3 Å². The lowest BCUT2D eigenvalue weighted by molar-refractivity contribution is -0.145. The van der Waals surface area contributed by atoms with Crippen LogP contribution in [0.25, 0.3) is 0 Å². The van der Waals surface area contributed by atoms with Gasteiger partial charge in [-0.15, -0.1) is 0 Å². The summed E-state index contributed by atoms with van der Waals surface area (Å²) in [6.45, 7) is 3.47. The lowest BCUT2D eigenvalue weighted by Gasteiger charge is -2.23. The maximum absolute atomic E-state index is 12.9. The molecule has 2 atom stereocenters. The number of rotatable bonds is 9. The molecule has 0 aliphatic heterocycles. The predicted molar refractivity (Wildman–Crippen MR) is 103 cm³/mol. The molecule has 0 radical (unpaired) electrons. The van der Waals surface area contributed by atoms with Crippen molar-refractivity contribution in [1.29, 1.82) is 0 Å². The molecule has 5 nitrogen and oxygen atoms in total. The van der Waals surface area contributed by atoms with Crippen LogP contribution >= 0.6 is 0 Å². The van der Waals surface area contributed by atoms with E-state index in [0.29, 0.717) is 25.3 Å². The summed E-state index contributed by atoms with van der Waals surface area (Å²) in [6.07, 6.45) is 5.86. The third-order valence-corrected chi connectivity index (χ3v) is 4.90. The van der Waals surface area contributed by atoms with Crippen molar-refractivity contribution in [3.05, 3.63) is 66.0 Å². The summed E-state index contributed by atoms with van der Waals surface area (Å²) in [6, 6.07) is 13.8. The number of aryl methyl sites for hydroxylation is 1. The summed E-state index contributed by atoms with van der Waals surface area (Å²) < 4.78 is 5.11. The van der Waals surface area contributed by atoms with Gasteiger partial charge in [-0.05, 0) is 49.8 Å². The van der Waals surface area contributed by atoms with Crippen molar-refractivity contribution in [1.82, 2.24) is 9.88 Å². The van der Waals surface area contributed by atoms with Crippen LogP contribution in [0.3, 0.4) is 0 Å². The molecule has 3 rings (SSSR count). The first-order valence-electron chi connectivity index (χ1n) is 9.59. The second kappa shape index (κ2) is 9.31. The number of amides is 1. The Labute approximate surface area is 160 Å². The maximum atomic E-state index is 12.9. The van der Waals surface area contributed by atoms with Gasteiger partial charge in [-0.2, -0.15) is 0 Å². The van der Waals surface area contributed by atoms with Crippen molar-refractivity contribution in [2.45, 2.75) is 26.2 Å². The molecule has 1 saturated carbocycles. The third kappa shape index (κ3) is 5.39. The van der Waals surface area contributed by atoms with Crippen LogP contribution in [0.15, 0.2) is 54.9 Å². The Balaban J connectivity index is 1.60. The standard InChI is InChI=1S/C22H26N2O3/c1-2-27-22(26)20-14-19(20)16-24(21(25)18-11-6-12-23-15-18)13-7-10-17-8-4-3-5-9-17/h3-6,8-9,11-12,15,19-20H,2,7,10,13-14,16H2,1H3/t19-,20-/m1/s1. The molecule has 1 aromatic carbocycles. The van der Waals surface area contributed by atoms with Crippen molar-refractivity contribution < 1.29 is 14.3 Å². The van der Waals surface area contributed by atoms with Gasteiger partial charge in [0.1, 0.15) is 0 Å². The zero-order valence-electron chi connectivity index (χ0n) is 15.7. The van der Waals surface area contributed by atoms with Crippen LogP contribution in [0.1, 0.15) is 35.7 Å². The number of nitrogens with zero attached hydrogens (tertiary/aromatic N) is 2. The maximum Gasteiger partial charge on any atom is 0.309 e. The van der Waals surface area contributed by atoms with Crippen molar-refractivity contribution in [3.8, 4) is 0 Å². The number of benzene rings is 1. The van der Waals surface area contributed by atoms with Crippen LogP contribution in [-0.4, -0.2) is 41.5 Å². The van der Waals surface area contributed by atoms with Gasteiger partial charge in [0.05, 0.1) is 18.1 Å². The summed E-state index contributed by atoms with van der Waals surface area (Å²) in [5.74, 6) is -0.0316. The SMILES string of the molecule is CCOC(=O)[C@@H]1C[C@@H]1CN(CCCc1ccccc1)C(=O)c1cccnc1. The Bertz CT molecular complexity index is 749. The summed E-state index contributed by atoms with van der Waals surface area (Å²) in [7, 11) is 0. The second-order valence-corrected chi connectivity index (χ2v) is 6.94. The molecule has 1 fully saturated rings. The average molecular weight is 366 g/mol. The van der Waals surface area contributed by atoms with Gasteiger partial charge >= 0.3 is 5.97 Å². The molecule has 2 aromatic rings. The van der Waals surface area contributed by atoms with Crippen LogP contribution in [-0.2, 0) is 16.0 Å². The molecule has 1 amide bonds. The molecule has 0 bridgehead atoms. The molecule has 1 aromatic heterocycles. The zero-order chi connectivity index (χ0) is 19.1. The Hall–Kier alpha value is -2.69. The number of ether oxygens (including phenoxy) is 1. The molecular weight excluding hydrogens is 340 g/mol. The summed E-state index contributed by atoms with van der Waals surface area (Å²) in [5, 5.41) is 0. The Kier molecular flexibility index (Phi) is 6.58. The van der Waals surface area contributed by atoms with Crippen LogP contribution in [0, 0.1) is 11.8 Å². The number of hydrogen-bond acceptors (Lipinski definition) is 4. The quantitative estimate of drug-likeness (QED) is 0.639. The second-order valence-electron chi connectivity index (χ2n) is 6.94. The van der Waals surface area contributed by atoms with Gasteiger partial charge in [-0.3, -0.25) is 14.6 Å². The van der Waals surface area contributed by atoms with Crippen LogP contribution in [0.2, 0.25) is 0 Å². The monoisotopic (exact) mass is 366 g/mol. The Morgan fingerprint density at radius 2 is 2.00 bits per heavy atom. The molecule has 5 heteroatoms. The smallest absolute Gasteiger partial charge is 0.309 e. The van der Waals surface area contributed by atoms with E-state index in [1.54, 1.807) is 24.5 Å². The molecule has 1 heterocycles. The van der Waals surface area contributed by atoms with Crippen molar-refractivity contribution in [2.24, 2.45) is 11.8 Å². The molecule has 1 aliphatic carbocycles. The van der Waals surface area contributed by atoms with Crippen molar-refractivity contribution >= 4 is 11.9 Å². The summed E-state index contributed by atoms with van der Waals surface area (Å²) >= 11 is 0. The third-order valence-electron chi connectivity index (χ3n) is 4.90. The van der Waals surface area contributed by atoms with Gasteiger partial charge in [-0.25, -0.2) is 0 Å². The van der Waals surface area contributed by atoms with Gasteiger partial charge in [0, 0.05) is 25.5 Å². The lowest BCUT2D eigenvalue weighted by Crippen LogP contribution is -2.34. The molecule has 142 valence electrons. The van der Waals surface area contributed by atoms with Crippen molar-refractivity contribution in [3.63, 3.8) is 0 Å². The fourth-order valence-corrected chi connectivity index (χ4v) is 3.34. The lowest BCUT2D eigenvalue weighted by atomic mass is 10.1. The van der Waals surface area contributed by atoms with E-state index < -0.39 is 0 Å². The van der Waals surface area contributed by atoms with Gasteiger partial charge in [0.2, 0.25) is 0 Å². The minimum atomic E-state index is -0.138. The highest BCUT2D eigenvalue weighted by Gasteiger charge is 2.45. The van der Waals surface area contributed by atoms with Gasteiger partial charge in [0.25, 0.3) is 5.91 Å². The van der Waals surface area contributed by atoms with E-state index in [-0.39, 0.29) is 23.7 Å². The first kappa shape index (κ1) is 19.1. The Morgan fingerprint density at radius 3 is 2.70 bits per heavy atom. The summed E-state index contributed by atoms with van der Waals surface area (Å²) in [5.41, 5.74) is 1.85. The number of pyridine rings is 1. The highest BCUT2D eigenvalue weighted by molar-refractivity contribution is 5.94. The van der Waals surface area contributed by atoms with E-state index in [2.05, 4.69) is 17.1 Å². The largest absolute Gasteiger partial charge is 0.466 e. The topological polar surface area (TPSA) is 59.5 Å². The number of esters is 1. The molecule has 0 spiro atoms. The van der Waals surface area contributed by atoms with Crippen LogP contribution in [0.4, 0.5) is 0 Å². The zero-order valence-corrected chi connectivity index (χ0v) is 15.7. The average Bonchev–Trinajstić information content (AvgIpc) is 3.48. The molecule has 0 unspecified atom stereocenters. The van der Waals surface area contributed by atoms with E-state index in [4.69, 9.17) is 4.74 Å². The predicted octanol–water partition coefficient (Wildman–Crippen LogP) is 3.36. The first-order chi connectivity index (χ1) is 13.2. The number of carbonyl (C=O) groups is 2. The summed E-state index contributed by atoms with van der Waals surface area (Å²) in [4.78, 5) is 30.7. The molecule has 27 heavy (non-hydrogen) atoms. The minimum Gasteiger partial charge on any atom is -0.466 e. The van der Waals surface area contributed by atoms with E-state index in [9.17, 15) is 9.59 Å². The molecule has 0 N–H and O–H groups in total. The van der Waals surface area contributed by atoms with E-state index in [0.717, 1.165) is 19.3 Å². The molecule has 0 saturated heterocycles. The fraction of sp³-hybridized carbons (Fsp3) is 0.409. The number of hydrogen-bond donors (Lipinski definition) is 0. The van der Waals surface area contributed by atoms with Gasteiger partial charge < -0.3 is 9.64 Å². The van der Waals surface area contributed by atoms with Crippen LogP contribution < -0.4 is 0 Å².